The van der Waals surface area contributed by atoms with Crippen LogP contribution in [-0.4, -0.2) is 47.9 Å². The lowest BCUT2D eigenvalue weighted by Crippen LogP contribution is -2.52. The van der Waals surface area contributed by atoms with E-state index in [1.807, 2.05) is 30.3 Å². The van der Waals surface area contributed by atoms with Crippen LogP contribution in [0.5, 0.6) is 0 Å². The van der Waals surface area contributed by atoms with Crippen LogP contribution in [0, 0.1) is 0 Å². The first kappa shape index (κ1) is 17.9. The molecular weight excluding hydrogens is 314 g/mol. The monoisotopic (exact) mass is 343 g/mol. The Morgan fingerprint density at radius 3 is 2.40 bits per heavy atom. The molecule has 2 heterocycles. The number of rotatable bonds is 7. The minimum Gasteiger partial charge on any atom is -0.351 e. The fraction of sp³-hybridized carbons (Fsp3) is 0.600. The highest BCUT2D eigenvalue weighted by atomic mass is 16.2. The molecule has 2 fully saturated rings. The van der Waals surface area contributed by atoms with Gasteiger partial charge in [0.25, 0.3) is 5.91 Å². The molecule has 2 saturated heterocycles. The van der Waals surface area contributed by atoms with Crippen LogP contribution >= 0.6 is 0 Å². The molecule has 1 aromatic rings. The quantitative estimate of drug-likeness (QED) is 0.747. The molecule has 0 aliphatic carbocycles. The Morgan fingerprint density at radius 2 is 1.76 bits per heavy atom. The molecule has 2 aliphatic rings. The van der Waals surface area contributed by atoms with E-state index in [1.54, 1.807) is 0 Å². The van der Waals surface area contributed by atoms with Gasteiger partial charge in [-0.3, -0.25) is 9.59 Å². The molecule has 1 aromatic carbocycles. The lowest BCUT2D eigenvalue weighted by molar-refractivity contribution is -0.135. The van der Waals surface area contributed by atoms with Crippen LogP contribution < -0.4 is 10.6 Å². The summed E-state index contributed by atoms with van der Waals surface area (Å²) < 4.78 is 0. The molecule has 0 spiro atoms. The summed E-state index contributed by atoms with van der Waals surface area (Å²) in [5.41, 5.74) is 0.697. The van der Waals surface area contributed by atoms with E-state index in [1.165, 1.54) is 0 Å². The molecule has 136 valence electrons. The molecule has 3 atom stereocenters. The first-order valence-electron chi connectivity index (χ1n) is 9.56. The second-order valence-electron chi connectivity index (χ2n) is 7.18. The number of nitrogens with one attached hydrogen (secondary N) is 2. The Bertz CT molecular complexity index is 576. The van der Waals surface area contributed by atoms with Crippen LogP contribution in [0.4, 0.5) is 0 Å². The average Bonchev–Trinajstić information content (AvgIpc) is 2.90. The zero-order valence-electron chi connectivity index (χ0n) is 15.0. The number of carbonyl (C=O) groups excluding carboxylic acids is 2. The van der Waals surface area contributed by atoms with E-state index < -0.39 is 0 Å². The van der Waals surface area contributed by atoms with Crippen LogP contribution in [0.15, 0.2) is 30.3 Å². The number of nitrogens with zero attached hydrogens (tertiary/aromatic N) is 1. The standard InChI is InChI=1S/C20H29N3O2/c1-2-6-19(24)23-17-9-10-18(23)14-16(13-17)21-11-12-22-20(25)15-7-4-3-5-8-15/h3-5,7-8,16-18,21H,2,6,9-14H2,1H3,(H,22,25)/t16?,17-,18+. The van der Waals surface area contributed by atoms with Crippen LogP contribution in [0.2, 0.25) is 0 Å². The van der Waals surface area contributed by atoms with Crippen LogP contribution in [0.3, 0.4) is 0 Å². The molecule has 25 heavy (non-hydrogen) atoms. The van der Waals surface area contributed by atoms with Crippen LogP contribution in [0.25, 0.3) is 0 Å². The molecule has 0 saturated carbocycles. The summed E-state index contributed by atoms with van der Waals surface area (Å²) in [5, 5.41) is 6.52. The van der Waals surface area contributed by atoms with Crippen molar-refractivity contribution in [1.82, 2.24) is 15.5 Å². The SMILES string of the molecule is CCCC(=O)N1[C@@H]2CC[C@H]1CC(NCCNC(=O)c1ccccc1)C2. The lowest BCUT2D eigenvalue weighted by Gasteiger charge is -2.39. The summed E-state index contributed by atoms with van der Waals surface area (Å²) in [7, 11) is 0. The summed E-state index contributed by atoms with van der Waals surface area (Å²) >= 11 is 0. The molecule has 2 amide bonds. The number of piperidine rings is 1. The van der Waals surface area contributed by atoms with Crippen molar-refractivity contribution >= 4 is 11.8 Å². The van der Waals surface area contributed by atoms with Crippen LogP contribution in [-0.2, 0) is 4.79 Å². The third-order valence-corrected chi connectivity index (χ3v) is 5.36. The summed E-state index contributed by atoms with van der Waals surface area (Å²) in [6.45, 7) is 3.46. The minimum absolute atomic E-state index is 0.0255. The van der Waals surface area contributed by atoms with Crippen molar-refractivity contribution in [1.29, 1.82) is 0 Å². The van der Waals surface area contributed by atoms with E-state index in [2.05, 4.69) is 22.5 Å². The molecule has 3 rings (SSSR count). The van der Waals surface area contributed by atoms with Gasteiger partial charge in [0, 0.05) is 43.2 Å². The number of benzene rings is 1. The largest absolute Gasteiger partial charge is 0.351 e. The van der Waals surface area contributed by atoms with Crippen molar-refractivity contribution in [3.63, 3.8) is 0 Å². The van der Waals surface area contributed by atoms with Crippen molar-refractivity contribution in [2.24, 2.45) is 0 Å². The predicted molar refractivity (Wildman–Crippen MR) is 98.4 cm³/mol. The third kappa shape index (κ3) is 4.40. The topological polar surface area (TPSA) is 61.4 Å². The second-order valence-corrected chi connectivity index (χ2v) is 7.18. The van der Waals surface area contributed by atoms with Crippen molar-refractivity contribution < 1.29 is 9.59 Å². The van der Waals surface area contributed by atoms with E-state index in [4.69, 9.17) is 0 Å². The molecule has 2 aliphatic heterocycles. The number of amides is 2. The molecule has 5 heteroatoms. The maximum absolute atomic E-state index is 12.3. The summed E-state index contributed by atoms with van der Waals surface area (Å²) in [4.78, 5) is 26.5. The van der Waals surface area contributed by atoms with Gasteiger partial charge >= 0.3 is 0 Å². The van der Waals surface area contributed by atoms with Gasteiger partial charge in [0.15, 0.2) is 0 Å². The van der Waals surface area contributed by atoms with Gasteiger partial charge in [0.2, 0.25) is 5.91 Å². The maximum Gasteiger partial charge on any atom is 0.251 e. The van der Waals surface area contributed by atoms with E-state index >= 15 is 0 Å². The fourth-order valence-corrected chi connectivity index (χ4v) is 4.24. The Balaban J connectivity index is 1.39. The third-order valence-electron chi connectivity index (χ3n) is 5.36. The van der Waals surface area contributed by atoms with Gasteiger partial charge in [-0.1, -0.05) is 25.1 Å². The Kier molecular flexibility index (Phi) is 6.08. The molecule has 2 bridgehead atoms. The van der Waals surface area contributed by atoms with E-state index in [0.717, 1.165) is 38.6 Å². The number of hydrogen-bond donors (Lipinski definition) is 2. The lowest BCUT2D eigenvalue weighted by atomic mass is 9.96. The molecular formula is C20H29N3O2. The Labute approximate surface area is 150 Å². The van der Waals surface area contributed by atoms with E-state index in [-0.39, 0.29) is 5.91 Å². The number of hydrogen-bond acceptors (Lipinski definition) is 3. The van der Waals surface area contributed by atoms with Gasteiger partial charge in [-0.05, 0) is 44.2 Å². The zero-order valence-corrected chi connectivity index (χ0v) is 15.0. The first-order chi connectivity index (χ1) is 12.2. The van der Waals surface area contributed by atoms with Crippen LogP contribution in [0.1, 0.15) is 55.8 Å². The highest BCUT2D eigenvalue weighted by molar-refractivity contribution is 5.94. The Hall–Kier alpha value is -1.88. The highest BCUT2D eigenvalue weighted by Crippen LogP contribution is 2.36. The van der Waals surface area contributed by atoms with E-state index in [9.17, 15) is 9.59 Å². The highest BCUT2D eigenvalue weighted by Gasteiger charge is 2.42. The normalized spacial score (nSPS) is 25.0. The fourth-order valence-electron chi connectivity index (χ4n) is 4.24. The van der Waals surface area contributed by atoms with Crippen molar-refractivity contribution in [2.45, 2.75) is 63.6 Å². The van der Waals surface area contributed by atoms with E-state index in [0.29, 0.717) is 42.6 Å². The molecule has 5 nitrogen and oxygen atoms in total. The number of fused-ring (bicyclic) bond motifs is 2. The van der Waals surface area contributed by atoms with Gasteiger partial charge in [-0.25, -0.2) is 0 Å². The summed E-state index contributed by atoms with van der Waals surface area (Å²) in [5.74, 6) is 0.311. The molecule has 0 aromatic heterocycles. The van der Waals surface area contributed by atoms with Gasteiger partial charge in [0.05, 0.1) is 0 Å². The summed E-state index contributed by atoms with van der Waals surface area (Å²) in [6.07, 6.45) is 5.97. The average molecular weight is 343 g/mol. The smallest absolute Gasteiger partial charge is 0.251 e. The Morgan fingerprint density at radius 1 is 1.08 bits per heavy atom. The predicted octanol–water partition coefficient (Wildman–Crippen LogP) is 2.33. The van der Waals surface area contributed by atoms with Gasteiger partial charge in [0.1, 0.15) is 0 Å². The molecule has 1 unspecified atom stereocenters. The molecule has 2 N–H and O–H groups in total. The maximum atomic E-state index is 12.3. The van der Waals surface area contributed by atoms with Crippen molar-refractivity contribution in [2.75, 3.05) is 13.1 Å². The zero-order chi connectivity index (χ0) is 17.6. The van der Waals surface area contributed by atoms with Gasteiger partial charge in [-0.2, -0.15) is 0 Å². The minimum atomic E-state index is -0.0255. The van der Waals surface area contributed by atoms with Gasteiger partial charge in [-0.15, -0.1) is 0 Å². The van der Waals surface area contributed by atoms with Crippen molar-refractivity contribution in [3.05, 3.63) is 35.9 Å². The summed E-state index contributed by atoms with van der Waals surface area (Å²) in [6, 6.07) is 10.6. The van der Waals surface area contributed by atoms with Crippen molar-refractivity contribution in [3.8, 4) is 0 Å². The molecule has 0 radical (unpaired) electrons. The van der Waals surface area contributed by atoms with Gasteiger partial charge < -0.3 is 15.5 Å². The first-order valence-corrected chi connectivity index (χ1v) is 9.56. The number of carbonyl (C=O) groups is 2. The second kappa shape index (κ2) is 8.48.